The van der Waals surface area contributed by atoms with Crippen molar-refractivity contribution >= 4 is 23.3 Å². The van der Waals surface area contributed by atoms with Crippen molar-refractivity contribution in [2.75, 3.05) is 18.4 Å². The molecule has 0 spiro atoms. The fourth-order valence-corrected chi connectivity index (χ4v) is 2.91. The number of urea groups is 1. The molecule has 0 aliphatic heterocycles. The smallest absolute Gasteiger partial charge is 0.315 e. The molecular formula is C15H21N5O2S. The minimum atomic E-state index is -0.207. The van der Waals surface area contributed by atoms with Crippen LogP contribution < -0.4 is 21.5 Å². The third kappa shape index (κ3) is 6.11. The summed E-state index contributed by atoms with van der Waals surface area (Å²) in [6.07, 6.45) is 0.817. The number of nitrogens with one attached hydrogen (secondary N) is 4. The highest BCUT2D eigenvalue weighted by atomic mass is 32.1. The molecule has 0 aliphatic rings. The first-order valence-electron chi connectivity index (χ1n) is 7.41. The van der Waals surface area contributed by atoms with Gasteiger partial charge in [-0.3, -0.25) is 9.78 Å². The highest BCUT2D eigenvalue weighted by Crippen LogP contribution is 2.10. The zero-order valence-electron chi connectivity index (χ0n) is 13.2. The fourth-order valence-electron chi connectivity index (χ4n) is 2.08. The van der Waals surface area contributed by atoms with E-state index in [0.717, 1.165) is 6.42 Å². The summed E-state index contributed by atoms with van der Waals surface area (Å²) in [6, 6.07) is 5.34. The van der Waals surface area contributed by atoms with Gasteiger partial charge in [0.15, 0.2) is 0 Å². The Hall–Kier alpha value is -2.35. The Balaban J connectivity index is 1.65. The highest BCUT2D eigenvalue weighted by Gasteiger charge is 2.08. The van der Waals surface area contributed by atoms with E-state index in [1.54, 1.807) is 18.3 Å². The van der Waals surface area contributed by atoms with Crippen molar-refractivity contribution in [1.82, 2.24) is 20.6 Å². The topological polar surface area (TPSA) is 98.9 Å². The maximum absolute atomic E-state index is 11.8. The van der Waals surface area contributed by atoms with E-state index in [2.05, 4.69) is 32.0 Å². The summed E-state index contributed by atoms with van der Waals surface area (Å²) in [6.45, 7) is 4.62. The van der Waals surface area contributed by atoms with Crippen LogP contribution in [0.25, 0.3) is 0 Å². The van der Waals surface area contributed by atoms with Gasteiger partial charge in [0.05, 0.1) is 0 Å². The molecule has 0 unspecified atom stereocenters. The number of aromatic amines is 1. The van der Waals surface area contributed by atoms with Gasteiger partial charge in [-0.2, -0.15) is 0 Å². The molecule has 124 valence electrons. The van der Waals surface area contributed by atoms with Gasteiger partial charge in [-0.05, 0) is 25.3 Å². The van der Waals surface area contributed by atoms with Crippen LogP contribution in [-0.4, -0.2) is 35.1 Å². The normalized spacial score (nSPS) is 11.7. The predicted molar refractivity (Wildman–Crippen MR) is 92.1 cm³/mol. The number of rotatable bonds is 7. The standard InChI is InChI=1S/C15H21N5O2S/c1-10(8-12-4-3-7-23-12)19-15(22)17-6-5-16-14-18-11(2)9-13(21)20-14/h3-4,7,9-10H,5-6,8H2,1-2H3,(H2,17,19,22)(H2,16,18,20,21)/t10-/m1/s1. The van der Waals surface area contributed by atoms with Gasteiger partial charge in [-0.1, -0.05) is 6.07 Å². The molecule has 23 heavy (non-hydrogen) atoms. The fraction of sp³-hybridized carbons (Fsp3) is 0.400. The van der Waals surface area contributed by atoms with Crippen LogP contribution in [0.1, 0.15) is 17.5 Å². The molecule has 2 heterocycles. The summed E-state index contributed by atoms with van der Waals surface area (Å²) in [5, 5.41) is 10.6. The second-order valence-corrected chi connectivity index (χ2v) is 6.28. The summed E-state index contributed by atoms with van der Waals surface area (Å²) in [5.74, 6) is 0.406. The monoisotopic (exact) mass is 335 g/mol. The molecule has 1 atom stereocenters. The quantitative estimate of drug-likeness (QED) is 0.576. The third-order valence-corrected chi connectivity index (χ3v) is 3.94. The maximum atomic E-state index is 11.8. The Labute approximate surface area is 138 Å². The van der Waals surface area contributed by atoms with Gasteiger partial charge in [-0.15, -0.1) is 11.3 Å². The number of hydrogen-bond donors (Lipinski definition) is 4. The molecule has 0 aliphatic carbocycles. The van der Waals surface area contributed by atoms with Crippen LogP contribution >= 0.6 is 11.3 Å². The summed E-state index contributed by atoms with van der Waals surface area (Å²) in [4.78, 5) is 31.1. The first-order chi connectivity index (χ1) is 11.0. The molecule has 0 saturated heterocycles. The Kier molecular flexibility index (Phi) is 6.16. The molecule has 0 aromatic carbocycles. The molecule has 2 amide bonds. The minimum absolute atomic E-state index is 0.0661. The average Bonchev–Trinajstić information content (AvgIpc) is 2.95. The van der Waals surface area contributed by atoms with E-state index < -0.39 is 0 Å². The van der Waals surface area contributed by atoms with Gasteiger partial charge in [-0.25, -0.2) is 9.78 Å². The van der Waals surface area contributed by atoms with Gasteiger partial charge in [0.1, 0.15) is 0 Å². The number of thiophene rings is 1. The van der Waals surface area contributed by atoms with Gasteiger partial charge in [0, 0.05) is 42.2 Å². The molecule has 2 aromatic heterocycles. The second-order valence-electron chi connectivity index (χ2n) is 5.25. The number of hydrogen-bond acceptors (Lipinski definition) is 5. The molecule has 0 radical (unpaired) electrons. The number of anilines is 1. The summed E-state index contributed by atoms with van der Waals surface area (Å²) < 4.78 is 0. The van der Waals surface area contributed by atoms with Gasteiger partial charge in [0.2, 0.25) is 5.95 Å². The van der Waals surface area contributed by atoms with Crippen molar-refractivity contribution in [3.63, 3.8) is 0 Å². The van der Waals surface area contributed by atoms with Gasteiger partial charge >= 0.3 is 6.03 Å². The Morgan fingerprint density at radius 1 is 1.43 bits per heavy atom. The molecule has 7 nitrogen and oxygen atoms in total. The minimum Gasteiger partial charge on any atom is -0.354 e. The SMILES string of the molecule is Cc1cc(=O)[nH]c(NCCNC(=O)N[C@H](C)Cc2cccs2)n1. The first kappa shape index (κ1) is 17.0. The van der Waals surface area contributed by atoms with Gasteiger partial charge < -0.3 is 16.0 Å². The Morgan fingerprint density at radius 2 is 2.26 bits per heavy atom. The number of H-pyrrole nitrogens is 1. The lowest BCUT2D eigenvalue weighted by atomic mass is 10.2. The first-order valence-corrected chi connectivity index (χ1v) is 8.29. The Morgan fingerprint density at radius 3 is 2.96 bits per heavy atom. The number of nitrogens with zero attached hydrogens (tertiary/aromatic N) is 1. The van der Waals surface area contributed by atoms with Crippen LogP contribution in [0.5, 0.6) is 0 Å². The number of aromatic nitrogens is 2. The largest absolute Gasteiger partial charge is 0.354 e. The molecule has 0 fully saturated rings. The molecule has 0 bridgehead atoms. The van der Waals surface area contributed by atoms with Crippen molar-refractivity contribution in [3.8, 4) is 0 Å². The summed E-state index contributed by atoms with van der Waals surface area (Å²) in [7, 11) is 0. The van der Waals surface area contributed by atoms with Gasteiger partial charge in [0.25, 0.3) is 5.56 Å². The van der Waals surface area contributed by atoms with E-state index >= 15 is 0 Å². The van der Waals surface area contributed by atoms with E-state index in [-0.39, 0.29) is 17.6 Å². The van der Waals surface area contributed by atoms with Crippen LogP contribution in [0.3, 0.4) is 0 Å². The number of amides is 2. The third-order valence-electron chi connectivity index (χ3n) is 3.04. The lowest BCUT2D eigenvalue weighted by Crippen LogP contribution is -2.43. The Bertz CT molecular complexity index is 683. The lowest BCUT2D eigenvalue weighted by molar-refractivity contribution is 0.238. The van der Waals surface area contributed by atoms with Crippen molar-refractivity contribution in [2.24, 2.45) is 0 Å². The van der Waals surface area contributed by atoms with Crippen molar-refractivity contribution < 1.29 is 4.79 Å². The highest BCUT2D eigenvalue weighted by molar-refractivity contribution is 7.09. The van der Waals surface area contributed by atoms with Crippen LogP contribution in [0.15, 0.2) is 28.4 Å². The van der Waals surface area contributed by atoms with E-state index in [4.69, 9.17) is 0 Å². The molecule has 2 aromatic rings. The van der Waals surface area contributed by atoms with Crippen LogP contribution in [0.4, 0.5) is 10.7 Å². The molecule has 8 heteroatoms. The van der Waals surface area contributed by atoms with E-state index in [9.17, 15) is 9.59 Å². The molecule has 2 rings (SSSR count). The second kappa shape index (κ2) is 8.33. The summed E-state index contributed by atoms with van der Waals surface area (Å²) in [5.41, 5.74) is 0.442. The van der Waals surface area contributed by atoms with Crippen molar-refractivity contribution in [3.05, 3.63) is 44.5 Å². The predicted octanol–water partition coefficient (Wildman–Crippen LogP) is 1.48. The zero-order valence-corrected chi connectivity index (χ0v) is 14.0. The van der Waals surface area contributed by atoms with E-state index in [1.807, 2.05) is 18.4 Å². The zero-order chi connectivity index (χ0) is 16.7. The van der Waals surface area contributed by atoms with Crippen LogP contribution in [0, 0.1) is 6.92 Å². The maximum Gasteiger partial charge on any atom is 0.315 e. The number of carbonyl (C=O) groups is 1. The van der Waals surface area contributed by atoms with Crippen LogP contribution in [0.2, 0.25) is 0 Å². The van der Waals surface area contributed by atoms with Crippen LogP contribution in [-0.2, 0) is 6.42 Å². The summed E-state index contributed by atoms with van der Waals surface area (Å²) >= 11 is 1.68. The van der Waals surface area contributed by atoms with Crippen molar-refractivity contribution in [2.45, 2.75) is 26.3 Å². The van der Waals surface area contributed by atoms with E-state index in [1.165, 1.54) is 10.9 Å². The molecule has 0 saturated carbocycles. The average molecular weight is 335 g/mol. The molecular weight excluding hydrogens is 314 g/mol. The lowest BCUT2D eigenvalue weighted by Gasteiger charge is -2.14. The molecule has 4 N–H and O–H groups in total. The number of aryl methyl sites for hydroxylation is 1. The van der Waals surface area contributed by atoms with Crippen molar-refractivity contribution in [1.29, 1.82) is 0 Å². The van der Waals surface area contributed by atoms with E-state index in [0.29, 0.717) is 24.7 Å². The number of carbonyl (C=O) groups excluding carboxylic acids is 1.